The Morgan fingerprint density at radius 2 is 1.60 bits per heavy atom. The smallest absolute Gasteiger partial charge is 0.163 e. The van der Waals surface area contributed by atoms with Gasteiger partial charge in [-0.15, -0.1) is 0 Å². The molecule has 0 saturated carbocycles. The van der Waals surface area contributed by atoms with Crippen LogP contribution in [-0.4, -0.2) is 32.8 Å². The summed E-state index contributed by atoms with van der Waals surface area (Å²) in [5.41, 5.74) is 1.96. The van der Waals surface area contributed by atoms with E-state index in [1.165, 1.54) is 38.5 Å². The second-order valence-electron chi connectivity index (χ2n) is 5.71. The number of nitrogens with zero attached hydrogens (tertiary/aromatic N) is 5. The lowest BCUT2D eigenvalue weighted by molar-refractivity contribution is 0.636. The van der Waals surface area contributed by atoms with Crippen molar-refractivity contribution in [3.05, 3.63) is 12.0 Å². The second-order valence-corrected chi connectivity index (χ2v) is 5.71. The molecule has 1 aliphatic rings. The number of hydrogen-bond donors (Lipinski definition) is 0. The van der Waals surface area contributed by atoms with Crippen LogP contribution >= 0.6 is 0 Å². The number of aromatic nitrogens is 4. The minimum Gasteiger partial charge on any atom is -0.356 e. The predicted molar refractivity (Wildman–Crippen MR) is 81.0 cm³/mol. The Morgan fingerprint density at radius 1 is 0.950 bits per heavy atom. The fraction of sp³-hybridized carbons (Fsp3) is 0.667. The molecule has 2 aromatic rings. The molecule has 5 heteroatoms. The van der Waals surface area contributed by atoms with Crippen molar-refractivity contribution in [2.45, 2.75) is 45.4 Å². The third-order valence-corrected chi connectivity index (χ3v) is 4.18. The topological polar surface area (TPSA) is 46.8 Å². The van der Waals surface area contributed by atoms with Crippen LogP contribution in [0.25, 0.3) is 11.0 Å². The van der Waals surface area contributed by atoms with Crippen LogP contribution in [0, 0.1) is 6.92 Å². The standard InChI is InChI=1S/C15H23N5/c1-12-13-14(19(2)18-12)16-11-17-15(13)20-9-7-5-3-4-6-8-10-20/h11H,3-10H2,1-2H3. The average Bonchev–Trinajstić information content (AvgIpc) is 2.82. The van der Waals surface area contributed by atoms with Gasteiger partial charge in [0.1, 0.15) is 12.1 Å². The highest BCUT2D eigenvalue weighted by Crippen LogP contribution is 2.27. The Bertz CT molecular complexity index is 579. The van der Waals surface area contributed by atoms with Crippen molar-refractivity contribution >= 4 is 16.9 Å². The lowest BCUT2D eigenvalue weighted by atomic mass is 10.1. The zero-order valence-electron chi connectivity index (χ0n) is 12.5. The van der Waals surface area contributed by atoms with Gasteiger partial charge in [-0.3, -0.25) is 4.68 Å². The Labute approximate surface area is 120 Å². The summed E-state index contributed by atoms with van der Waals surface area (Å²) in [7, 11) is 1.95. The molecule has 0 amide bonds. The molecule has 1 aliphatic heterocycles. The SMILES string of the molecule is Cc1nn(C)c2ncnc(N3CCCCCCCC3)c12. The molecular formula is C15H23N5. The van der Waals surface area contributed by atoms with E-state index in [1.807, 2.05) is 18.7 Å². The van der Waals surface area contributed by atoms with Crippen LogP contribution in [0.2, 0.25) is 0 Å². The van der Waals surface area contributed by atoms with Gasteiger partial charge in [0.05, 0.1) is 11.1 Å². The molecule has 0 bridgehead atoms. The molecule has 0 aliphatic carbocycles. The third-order valence-electron chi connectivity index (χ3n) is 4.18. The van der Waals surface area contributed by atoms with Crippen LogP contribution in [0.3, 0.4) is 0 Å². The first-order chi connectivity index (χ1) is 9.77. The van der Waals surface area contributed by atoms with Gasteiger partial charge in [-0.05, 0) is 19.8 Å². The first-order valence-electron chi connectivity index (χ1n) is 7.66. The van der Waals surface area contributed by atoms with Crippen molar-refractivity contribution in [3.63, 3.8) is 0 Å². The minimum atomic E-state index is 0.937. The molecule has 0 unspecified atom stereocenters. The maximum atomic E-state index is 4.57. The number of aryl methyl sites for hydroxylation is 2. The monoisotopic (exact) mass is 273 g/mol. The van der Waals surface area contributed by atoms with Crippen LogP contribution in [0.5, 0.6) is 0 Å². The Hall–Kier alpha value is -1.65. The van der Waals surface area contributed by atoms with Crippen molar-refractivity contribution in [1.82, 2.24) is 19.7 Å². The second kappa shape index (κ2) is 5.77. The van der Waals surface area contributed by atoms with Crippen LogP contribution < -0.4 is 4.90 Å². The number of fused-ring (bicyclic) bond motifs is 1. The quantitative estimate of drug-likeness (QED) is 0.801. The van der Waals surface area contributed by atoms with Crippen molar-refractivity contribution < 1.29 is 0 Å². The molecule has 108 valence electrons. The van der Waals surface area contributed by atoms with Gasteiger partial charge in [0.15, 0.2) is 5.65 Å². The Balaban J connectivity index is 1.99. The lowest BCUT2D eigenvalue weighted by Crippen LogP contribution is -2.26. The number of anilines is 1. The highest BCUT2D eigenvalue weighted by molar-refractivity contribution is 5.89. The van der Waals surface area contributed by atoms with Crippen LogP contribution in [0.1, 0.15) is 44.2 Å². The largest absolute Gasteiger partial charge is 0.356 e. The summed E-state index contributed by atoms with van der Waals surface area (Å²) in [6, 6.07) is 0. The summed E-state index contributed by atoms with van der Waals surface area (Å²) >= 11 is 0. The molecule has 2 aromatic heterocycles. The van der Waals surface area contributed by atoms with E-state index in [4.69, 9.17) is 0 Å². The number of rotatable bonds is 1. The summed E-state index contributed by atoms with van der Waals surface area (Å²) in [6.45, 7) is 4.24. The van der Waals surface area contributed by atoms with Crippen LogP contribution in [-0.2, 0) is 7.05 Å². The lowest BCUT2D eigenvalue weighted by Gasteiger charge is -2.23. The van der Waals surface area contributed by atoms with Gasteiger partial charge in [-0.25, -0.2) is 9.97 Å². The summed E-state index contributed by atoms with van der Waals surface area (Å²) in [5.74, 6) is 1.07. The van der Waals surface area contributed by atoms with Crippen molar-refractivity contribution in [2.75, 3.05) is 18.0 Å². The van der Waals surface area contributed by atoms with E-state index in [2.05, 4.69) is 20.0 Å². The fourth-order valence-electron chi connectivity index (χ4n) is 3.13. The van der Waals surface area contributed by atoms with Crippen molar-refractivity contribution in [3.8, 4) is 0 Å². The first kappa shape index (κ1) is 13.3. The molecule has 0 atom stereocenters. The maximum Gasteiger partial charge on any atom is 0.163 e. The molecule has 0 radical (unpaired) electrons. The summed E-state index contributed by atoms with van der Waals surface area (Å²) in [6.07, 6.45) is 9.59. The third kappa shape index (κ3) is 2.49. The molecule has 1 fully saturated rings. The van der Waals surface area contributed by atoms with E-state index in [0.29, 0.717) is 0 Å². The molecule has 0 N–H and O–H groups in total. The highest BCUT2D eigenvalue weighted by Gasteiger charge is 2.17. The zero-order chi connectivity index (χ0) is 13.9. The number of hydrogen-bond acceptors (Lipinski definition) is 4. The van der Waals surface area contributed by atoms with E-state index < -0.39 is 0 Å². The Kier molecular flexibility index (Phi) is 3.85. The summed E-state index contributed by atoms with van der Waals surface area (Å²) < 4.78 is 1.85. The highest BCUT2D eigenvalue weighted by atomic mass is 15.3. The summed E-state index contributed by atoms with van der Waals surface area (Å²) in [5, 5.41) is 5.61. The molecule has 3 rings (SSSR count). The molecule has 3 heterocycles. The predicted octanol–water partition coefficient (Wildman–Crippen LogP) is 2.83. The van der Waals surface area contributed by atoms with E-state index in [-0.39, 0.29) is 0 Å². The van der Waals surface area contributed by atoms with Gasteiger partial charge in [0, 0.05) is 20.1 Å². The van der Waals surface area contributed by atoms with Gasteiger partial charge in [0.2, 0.25) is 0 Å². The molecule has 1 saturated heterocycles. The van der Waals surface area contributed by atoms with E-state index >= 15 is 0 Å². The normalized spacial score (nSPS) is 17.8. The van der Waals surface area contributed by atoms with E-state index in [1.54, 1.807) is 6.33 Å². The van der Waals surface area contributed by atoms with Crippen LogP contribution in [0.15, 0.2) is 6.33 Å². The van der Waals surface area contributed by atoms with Gasteiger partial charge in [0.25, 0.3) is 0 Å². The van der Waals surface area contributed by atoms with E-state index in [9.17, 15) is 0 Å². The maximum absolute atomic E-state index is 4.57. The molecular weight excluding hydrogens is 250 g/mol. The van der Waals surface area contributed by atoms with Gasteiger partial charge < -0.3 is 4.90 Å². The molecule has 0 aromatic carbocycles. The molecule has 5 nitrogen and oxygen atoms in total. The zero-order valence-corrected chi connectivity index (χ0v) is 12.5. The van der Waals surface area contributed by atoms with Crippen molar-refractivity contribution in [1.29, 1.82) is 0 Å². The van der Waals surface area contributed by atoms with E-state index in [0.717, 1.165) is 35.6 Å². The molecule has 20 heavy (non-hydrogen) atoms. The van der Waals surface area contributed by atoms with Gasteiger partial charge in [-0.2, -0.15) is 5.10 Å². The minimum absolute atomic E-state index is 0.937. The summed E-state index contributed by atoms with van der Waals surface area (Å²) in [4.78, 5) is 11.4. The fourth-order valence-corrected chi connectivity index (χ4v) is 3.13. The molecule has 0 spiro atoms. The van der Waals surface area contributed by atoms with Gasteiger partial charge >= 0.3 is 0 Å². The van der Waals surface area contributed by atoms with Crippen LogP contribution in [0.4, 0.5) is 5.82 Å². The average molecular weight is 273 g/mol. The Morgan fingerprint density at radius 3 is 2.30 bits per heavy atom. The van der Waals surface area contributed by atoms with Gasteiger partial charge in [-0.1, -0.05) is 25.7 Å². The first-order valence-corrected chi connectivity index (χ1v) is 7.66. The van der Waals surface area contributed by atoms with Crippen molar-refractivity contribution in [2.24, 2.45) is 7.05 Å².